The average Bonchev–Trinajstić information content (AvgIpc) is 3.16. The van der Waals surface area contributed by atoms with E-state index >= 15 is 0 Å². The maximum Gasteiger partial charge on any atom is 0.416 e. The fraction of sp³-hybridized carbons (Fsp3) is 0.500. The van der Waals surface area contributed by atoms with E-state index in [1.54, 1.807) is 0 Å². The molecule has 2 aliphatic rings. The summed E-state index contributed by atoms with van der Waals surface area (Å²) in [5, 5.41) is 0.568. The van der Waals surface area contributed by atoms with Crippen LogP contribution in [0.3, 0.4) is 0 Å². The molecule has 12 heteroatoms. The van der Waals surface area contributed by atoms with Gasteiger partial charge < -0.3 is 9.47 Å². The number of morpholine rings is 1. The lowest BCUT2D eigenvalue weighted by atomic mass is 9.89. The van der Waals surface area contributed by atoms with Crippen LogP contribution in [0.1, 0.15) is 40.7 Å². The van der Waals surface area contributed by atoms with E-state index in [1.165, 1.54) is 11.3 Å². The molecule has 1 fully saturated rings. The predicted molar refractivity (Wildman–Crippen MR) is 121 cm³/mol. The highest BCUT2D eigenvalue weighted by atomic mass is 32.1. The number of ether oxygens (including phenoxy) is 2. The van der Waals surface area contributed by atoms with Crippen molar-refractivity contribution in [1.82, 2.24) is 14.9 Å². The number of rotatable bonds is 4. The summed E-state index contributed by atoms with van der Waals surface area (Å²) in [6, 6.07) is 1.23. The highest BCUT2D eigenvalue weighted by molar-refractivity contribution is 7.18. The SMILES string of the molecule is CC1CCc2c(sc3nc(CN4CCOCC4)nc(Oc4cc(C(F)(F)F)cc(C(F)(F)F)c4)c23)C1. The van der Waals surface area contributed by atoms with Crippen molar-refractivity contribution >= 4 is 21.6 Å². The molecule has 1 unspecified atom stereocenters. The third kappa shape index (κ3) is 5.30. The van der Waals surface area contributed by atoms with E-state index in [-0.39, 0.29) is 11.9 Å². The Morgan fingerprint density at radius 3 is 2.33 bits per heavy atom. The largest absolute Gasteiger partial charge is 0.438 e. The first-order chi connectivity index (χ1) is 17.0. The van der Waals surface area contributed by atoms with Gasteiger partial charge in [-0.15, -0.1) is 11.3 Å². The summed E-state index contributed by atoms with van der Waals surface area (Å²) in [6.07, 6.45) is -7.49. The first-order valence-corrected chi connectivity index (χ1v) is 12.4. The second-order valence-electron chi connectivity index (χ2n) is 9.21. The molecule has 3 heterocycles. The Balaban J connectivity index is 1.60. The monoisotopic (exact) mass is 531 g/mol. The quantitative estimate of drug-likeness (QED) is 0.361. The number of aromatic nitrogens is 2. The lowest BCUT2D eigenvalue weighted by Crippen LogP contribution is -2.36. The maximum absolute atomic E-state index is 13.4. The van der Waals surface area contributed by atoms with Crippen LogP contribution in [0, 0.1) is 5.92 Å². The summed E-state index contributed by atoms with van der Waals surface area (Å²) in [6.45, 7) is 4.95. The Morgan fingerprint density at radius 2 is 1.69 bits per heavy atom. The normalized spacial score (nSPS) is 19.5. The number of nitrogens with zero attached hydrogens (tertiary/aromatic N) is 3. The van der Waals surface area contributed by atoms with Gasteiger partial charge in [-0.3, -0.25) is 4.90 Å². The number of fused-ring (bicyclic) bond motifs is 3. The van der Waals surface area contributed by atoms with Crippen molar-refractivity contribution in [2.45, 2.75) is 45.1 Å². The minimum atomic E-state index is -4.97. The van der Waals surface area contributed by atoms with Crippen molar-refractivity contribution in [2.75, 3.05) is 26.3 Å². The summed E-state index contributed by atoms with van der Waals surface area (Å²) in [5.74, 6) is 0.281. The van der Waals surface area contributed by atoms with Crippen LogP contribution in [-0.2, 0) is 36.5 Å². The number of benzene rings is 1. The van der Waals surface area contributed by atoms with Crippen LogP contribution in [0.4, 0.5) is 26.3 Å². The molecule has 0 N–H and O–H groups in total. The smallest absolute Gasteiger partial charge is 0.416 e. The fourth-order valence-corrected chi connectivity index (χ4v) is 5.94. The molecule has 1 aliphatic carbocycles. The van der Waals surface area contributed by atoms with E-state index in [4.69, 9.17) is 14.5 Å². The van der Waals surface area contributed by atoms with E-state index < -0.39 is 29.2 Å². The molecule has 0 bridgehead atoms. The van der Waals surface area contributed by atoms with Gasteiger partial charge in [0.2, 0.25) is 5.88 Å². The van der Waals surface area contributed by atoms with Gasteiger partial charge in [-0.25, -0.2) is 4.98 Å². The topological polar surface area (TPSA) is 47.5 Å². The summed E-state index contributed by atoms with van der Waals surface area (Å²) in [7, 11) is 0. The predicted octanol–water partition coefficient (Wildman–Crippen LogP) is 6.48. The molecule has 0 radical (unpaired) electrons. The Labute approximate surface area is 207 Å². The average molecular weight is 532 g/mol. The number of hydrogen-bond acceptors (Lipinski definition) is 6. The summed E-state index contributed by atoms with van der Waals surface area (Å²) >= 11 is 1.48. The molecule has 1 atom stereocenters. The number of alkyl halides is 6. The van der Waals surface area contributed by atoms with Crippen LogP contribution >= 0.6 is 11.3 Å². The van der Waals surface area contributed by atoms with Crippen molar-refractivity contribution in [3.63, 3.8) is 0 Å². The van der Waals surface area contributed by atoms with Crippen molar-refractivity contribution < 1.29 is 35.8 Å². The van der Waals surface area contributed by atoms with Crippen LogP contribution in [0.25, 0.3) is 10.2 Å². The molecule has 5 rings (SSSR count). The van der Waals surface area contributed by atoms with E-state index in [2.05, 4.69) is 16.8 Å². The molecule has 0 amide bonds. The lowest BCUT2D eigenvalue weighted by molar-refractivity contribution is -0.143. The van der Waals surface area contributed by atoms with Gasteiger partial charge in [0.05, 0.1) is 36.3 Å². The van der Waals surface area contributed by atoms with Crippen molar-refractivity contribution in [3.05, 3.63) is 45.6 Å². The Kier molecular flexibility index (Phi) is 6.63. The summed E-state index contributed by atoms with van der Waals surface area (Å²) in [4.78, 5) is 13.0. The minimum absolute atomic E-state index is 0.0113. The number of aryl methyl sites for hydroxylation is 1. The van der Waals surface area contributed by atoms with Crippen LogP contribution in [0.2, 0.25) is 0 Å². The molecule has 1 saturated heterocycles. The summed E-state index contributed by atoms with van der Waals surface area (Å²) < 4.78 is 91.5. The first kappa shape index (κ1) is 25.2. The second-order valence-corrected chi connectivity index (χ2v) is 10.3. The van der Waals surface area contributed by atoms with Gasteiger partial charge in [0, 0.05) is 18.0 Å². The van der Waals surface area contributed by atoms with Crippen molar-refractivity contribution in [1.29, 1.82) is 0 Å². The highest BCUT2D eigenvalue weighted by Gasteiger charge is 2.37. The Hall–Kier alpha value is -2.44. The molecule has 1 aliphatic heterocycles. The lowest BCUT2D eigenvalue weighted by Gasteiger charge is -2.25. The van der Waals surface area contributed by atoms with Crippen LogP contribution in [0.15, 0.2) is 18.2 Å². The summed E-state index contributed by atoms with van der Waals surface area (Å²) in [5.41, 5.74) is -1.91. The van der Waals surface area contributed by atoms with E-state index in [1.807, 2.05) is 0 Å². The molecule has 5 nitrogen and oxygen atoms in total. The molecule has 1 aromatic carbocycles. The van der Waals surface area contributed by atoms with Gasteiger partial charge in [0.1, 0.15) is 16.4 Å². The van der Waals surface area contributed by atoms with Gasteiger partial charge in [-0.2, -0.15) is 31.3 Å². The molecule has 2 aromatic heterocycles. The van der Waals surface area contributed by atoms with Gasteiger partial charge >= 0.3 is 12.4 Å². The second kappa shape index (κ2) is 9.46. The zero-order valence-corrected chi connectivity index (χ0v) is 20.1. The number of thiophene rings is 1. The fourth-order valence-electron chi connectivity index (χ4n) is 4.55. The maximum atomic E-state index is 13.4. The third-order valence-electron chi connectivity index (χ3n) is 6.41. The van der Waals surface area contributed by atoms with Gasteiger partial charge in [-0.1, -0.05) is 6.92 Å². The van der Waals surface area contributed by atoms with Crippen LogP contribution in [0.5, 0.6) is 11.6 Å². The molecule has 194 valence electrons. The molecule has 36 heavy (non-hydrogen) atoms. The zero-order chi connectivity index (χ0) is 25.7. The molecule has 3 aromatic rings. The van der Waals surface area contributed by atoms with E-state index in [0.717, 1.165) is 29.7 Å². The van der Waals surface area contributed by atoms with Gasteiger partial charge in [-0.05, 0) is 48.9 Å². The van der Waals surface area contributed by atoms with Crippen LogP contribution in [-0.4, -0.2) is 41.2 Å². The molecule has 0 spiro atoms. The zero-order valence-electron chi connectivity index (χ0n) is 19.3. The van der Waals surface area contributed by atoms with Crippen molar-refractivity contribution in [2.24, 2.45) is 5.92 Å². The van der Waals surface area contributed by atoms with E-state index in [9.17, 15) is 26.3 Å². The van der Waals surface area contributed by atoms with Crippen molar-refractivity contribution in [3.8, 4) is 11.6 Å². The Morgan fingerprint density at radius 1 is 1.03 bits per heavy atom. The molecular formula is C24H23F6N3O2S. The highest BCUT2D eigenvalue weighted by Crippen LogP contribution is 2.44. The standard InChI is InChI=1S/C24H23F6N3O2S/c1-13-2-3-17-18(8-13)36-22-20(17)21(31-19(32-22)12-33-4-6-34-7-5-33)35-16-10-14(23(25,26)27)9-15(11-16)24(28,29)30/h9-11,13H,2-8,12H2,1H3. The van der Waals surface area contributed by atoms with Gasteiger partial charge in [0.15, 0.2) is 0 Å². The first-order valence-electron chi connectivity index (χ1n) is 11.6. The number of halogens is 6. The van der Waals surface area contributed by atoms with Gasteiger partial charge in [0.25, 0.3) is 0 Å². The molecule has 0 saturated carbocycles. The van der Waals surface area contributed by atoms with Crippen LogP contribution < -0.4 is 4.74 Å². The Bertz CT molecular complexity index is 1240. The number of hydrogen-bond donors (Lipinski definition) is 0. The van der Waals surface area contributed by atoms with E-state index in [0.29, 0.717) is 66.9 Å². The third-order valence-corrected chi connectivity index (χ3v) is 7.56. The minimum Gasteiger partial charge on any atom is -0.438 e. The molecular weight excluding hydrogens is 508 g/mol.